The van der Waals surface area contributed by atoms with Crippen molar-refractivity contribution < 1.29 is 19.1 Å². The van der Waals surface area contributed by atoms with Gasteiger partial charge in [0.05, 0.1) is 12.8 Å². The van der Waals surface area contributed by atoms with Gasteiger partial charge in [-0.2, -0.15) is 0 Å². The van der Waals surface area contributed by atoms with Crippen molar-refractivity contribution in [2.75, 3.05) is 12.4 Å². The zero-order chi connectivity index (χ0) is 17.7. The summed E-state index contributed by atoms with van der Waals surface area (Å²) in [6, 6.07) is 11.7. The molecule has 8 heteroatoms. The number of nitrogens with one attached hydrogen (secondary N) is 2. The number of hydrogen-bond acceptors (Lipinski definition) is 5. The molecule has 2 aromatic rings. The lowest BCUT2D eigenvalue weighted by molar-refractivity contribution is -0.134. The summed E-state index contributed by atoms with van der Waals surface area (Å²) in [5.41, 5.74) is 8.98. The molecule has 8 nitrogen and oxygen atoms in total. The van der Waals surface area contributed by atoms with Crippen LogP contribution in [0, 0.1) is 0 Å². The van der Waals surface area contributed by atoms with Crippen LogP contribution >= 0.6 is 0 Å². The fourth-order valence-corrected chi connectivity index (χ4v) is 2.16. The van der Waals surface area contributed by atoms with Crippen molar-refractivity contribution in [1.82, 2.24) is 5.43 Å². The lowest BCUT2D eigenvalue weighted by Crippen LogP contribution is -2.30. The van der Waals surface area contributed by atoms with Gasteiger partial charge in [-0.25, -0.2) is 5.84 Å². The Labute approximate surface area is 137 Å². The zero-order valence-corrected chi connectivity index (χ0v) is 12.8. The van der Waals surface area contributed by atoms with Crippen LogP contribution in [0.3, 0.4) is 0 Å². The molecule has 0 unspecified atom stereocenters. The zero-order valence-electron chi connectivity index (χ0n) is 12.8. The molecule has 0 saturated carbocycles. The Balaban J connectivity index is 2.46. The SMILES string of the molecule is COc1cc(-c2ccccc2C(=O)NN)ccc1NC(=O)C(N)=O. The van der Waals surface area contributed by atoms with Crippen molar-refractivity contribution in [2.45, 2.75) is 0 Å². The van der Waals surface area contributed by atoms with Crippen molar-refractivity contribution in [3.63, 3.8) is 0 Å². The van der Waals surface area contributed by atoms with E-state index in [4.69, 9.17) is 16.3 Å². The predicted molar refractivity (Wildman–Crippen MR) is 87.9 cm³/mol. The van der Waals surface area contributed by atoms with E-state index in [9.17, 15) is 14.4 Å². The smallest absolute Gasteiger partial charge is 0.313 e. The van der Waals surface area contributed by atoms with Crippen LogP contribution in [0.4, 0.5) is 5.69 Å². The molecule has 0 fully saturated rings. The fraction of sp³-hybridized carbons (Fsp3) is 0.0625. The van der Waals surface area contributed by atoms with Gasteiger partial charge < -0.3 is 15.8 Å². The first-order chi connectivity index (χ1) is 11.5. The van der Waals surface area contributed by atoms with Crippen LogP contribution in [0.5, 0.6) is 5.75 Å². The minimum atomic E-state index is -1.11. The first-order valence-electron chi connectivity index (χ1n) is 6.87. The number of anilines is 1. The number of amides is 3. The lowest BCUT2D eigenvalue weighted by Gasteiger charge is -2.13. The Kier molecular flexibility index (Phi) is 5.13. The summed E-state index contributed by atoms with van der Waals surface area (Å²) in [4.78, 5) is 34.1. The molecule has 0 saturated heterocycles. The van der Waals surface area contributed by atoms with Crippen molar-refractivity contribution >= 4 is 23.4 Å². The van der Waals surface area contributed by atoms with E-state index in [1.54, 1.807) is 42.5 Å². The van der Waals surface area contributed by atoms with Gasteiger partial charge in [0.15, 0.2) is 0 Å². The van der Waals surface area contributed by atoms with Crippen LogP contribution in [0.25, 0.3) is 11.1 Å². The summed E-state index contributed by atoms with van der Waals surface area (Å²) in [6.45, 7) is 0. The second kappa shape index (κ2) is 7.25. The van der Waals surface area contributed by atoms with Crippen LogP contribution in [0.1, 0.15) is 10.4 Å². The average molecular weight is 328 g/mol. The van der Waals surface area contributed by atoms with E-state index in [0.717, 1.165) is 0 Å². The maximum absolute atomic E-state index is 11.9. The van der Waals surface area contributed by atoms with Gasteiger partial charge in [-0.15, -0.1) is 0 Å². The van der Waals surface area contributed by atoms with E-state index in [0.29, 0.717) is 22.4 Å². The molecular formula is C16H16N4O4. The van der Waals surface area contributed by atoms with Gasteiger partial charge in [0.2, 0.25) is 0 Å². The molecule has 0 aromatic heterocycles. The molecule has 2 aromatic carbocycles. The van der Waals surface area contributed by atoms with Gasteiger partial charge in [0.25, 0.3) is 5.91 Å². The van der Waals surface area contributed by atoms with E-state index >= 15 is 0 Å². The molecule has 0 spiro atoms. The maximum Gasteiger partial charge on any atom is 0.313 e. The number of benzene rings is 2. The molecule has 0 heterocycles. The summed E-state index contributed by atoms with van der Waals surface area (Å²) in [7, 11) is 1.41. The number of nitrogen functional groups attached to an aromatic ring is 1. The third kappa shape index (κ3) is 3.50. The van der Waals surface area contributed by atoms with Gasteiger partial charge >= 0.3 is 11.8 Å². The molecule has 6 N–H and O–H groups in total. The van der Waals surface area contributed by atoms with Gasteiger partial charge in [-0.1, -0.05) is 24.3 Å². The third-order valence-corrected chi connectivity index (χ3v) is 3.29. The van der Waals surface area contributed by atoms with E-state index in [1.165, 1.54) is 7.11 Å². The standard InChI is InChI=1S/C16H16N4O4/c1-24-13-8-9(6-7-12(13)19-16(23)14(17)21)10-4-2-3-5-11(10)15(22)20-18/h2-8H,18H2,1H3,(H2,17,21)(H,19,23)(H,20,22). The molecule has 3 amide bonds. The molecule has 0 atom stereocenters. The van der Waals surface area contributed by atoms with E-state index < -0.39 is 17.7 Å². The van der Waals surface area contributed by atoms with Crippen LogP contribution in [-0.2, 0) is 9.59 Å². The number of rotatable bonds is 4. The first-order valence-corrected chi connectivity index (χ1v) is 6.87. The lowest BCUT2D eigenvalue weighted by atomic mass is 9.98. The number of carbonyl (C=O) groups is 3. The average Bonchev–Trinajstić information content (AvgIpc) is 2.61. The van der Waals surface area contributed by atoms with Crippen LogP contribution < -0.4 is 27.1 Å². The van der Waals surface area contributed by atoms with Crippen molar-refractivity contribution in [3.05, 3.63) is 48.0 Å². The molecule has 0 radical (unpaired) electrons. The molecule has 0 aliphatic heterocycles. The Morgan fingerprint density at radius 1 is 1.08 bits per heavy atom. The molecular weight excluding hydrogens is 312 g/mol. The van der Waals surface area contributed by atoms with Crippen molar-refractivity contribution in [1.29, 1.82) is 0 Å². The molecule has 124 valence electrons. The summed E-state index contributed by atoms with van der Waals surface area (Å²) < 4.78 is 5.22. The second-order valence-electron chi connectivity index (χ2n) is 4.75. The van der Waals surface area contributed by atoms with Gasteiger partial charge in [-0.05, 0) is 29.3 Å². The Morgan fingerprint density at radius 3 is 2.42 bits per heavy atom. The number of methoxy groups -OCH3 is 1. The van der Waals surface area contributed by atoms with Gasteiger partial charge in [0, 0.05) is 5.56 Å². The van der Waals surface area contributed by atoms with E-state index in [2.05, 4.69) is 10.7 Å². The highest BCUT2D eigenvalue weighted by Gasteiger charge is 2.15. The second-order valence-corrected chi connectivity index (χ2v) is 4.75. The van der Waals surface area contributed by atoms with Crippen LogP contribution in [0.15, 0.2) is 42.5 Å². The van der Waals surface area contributed by atoms with Crippen LogP contribution in [-0.4, -0.2) is 24.8 Å². The van der Waals surface area contributed by atoms with Crippen molar-refractivity contribution in [3.8, 4) is 16.9 Å². The minimum absolute atomic E-state index is 0.283. The quantitative estimate of drug-likeness (QED) is 0.278. The largest absolute Gasteiger partial charge is 0.495 e. The molecule has 2 rings (SSSR count). The number of hydrogen-bond donors (Lipinski definition) is 4. The minimum Gasteiger partial charge on any atom is -0.495 e. The first kappa shape index (κ1) is 17.0. The highest BCUT2D eigenvalue weighted by Crippen LogP contribution is 2.32. The molecule has 0 aliphatic carbocycles. The van der Waals surface area contributed by atoms with Gasteiger partial charge in [-0.3, -0.25) is 19.8 Å². The predicted octanol–water partition coefficient (Wildman–Crippen LogP) is 0.389. The number of carbonyl (C=O) groups excluding carboxylic acids is 3. The number of nitrogens with two attached hydrogens (primary N) is 2. The summed E-state index contributed by atoms with van der Waals surface area (Å²) in [5.74, 6) is 3.01. The number of ether oxygens (including phenoxy) is 1. The van der Waals surface area contributed by atoms with Crippen LogP contribution in [0.2, 0.25) is 0 Å². The summed E-state index contributed by atoms with van der Waals surface area (Å²) >= 11 is 0. The Hall–Kier alpha value is -3.39. The monoisotopic (exact) mass is 328 g/mol. The highest BCUT2D eigenvalue weighted by atomic mass is 16.5. The number of primary amides is 1. The van der Waals surface area contributed by atoms with E-state index in [1.807, 2.05) is 0 Å². The third-order valence-electron chi connectivity index (χ3n) is 3.29. The van der Waals surface area contributed by atoms with Crippen molar-refractivity contribution in [2.24, 2.45) is 11.6 Å². The fourth-order valence-electron chi connectivity index (χ4n) is 2.16. The normalized spacial score (nSPS) is 9.92. The summed E-state index contributed by atoms with van der Waals surface area (Å²) in [5, 5.41) is 2.35. The molecule has 0 aliphatic rings. The number of hydrazine groups is 1. The molecule has 0 bridgehead atoms. The Morgan fingerprint density at radius 2 is 1.79 bits per heavy atom. The molecule has 24 heavy (non-hydrogen) atoms. The van der Waals surface area contributed by atoms with Gasteiger partial charge in [0.1, 0.15) is 5.75 Å². The topological polar surface area (TPSA) is 137 Å². The Bertz CT molecular complexity index is 804. The highest BCUT2D eigenvalue weighted by molar-refractivity contribution is 6.39. The van der Waals surface area contributed by atoms with E-state index in [-0.39, 0.29) is 5.69 Å². The maximum atomic E-state index is 11.9. The summed E-state index contributed by atoms with van der Waals surface area (Å²) in [6.07, 6.45) is 0.